The first-order chi connectivity index (χ1) is 59.7. The highest BCUT2D eigenvalue weighted by atomic mass is 35.5. The Kier molecular flexibility index (Phi) is 38.5. The lowest BCUT2D eigenvalue weighted by Gasteiger charge is -2.31. The molecule has 0 saturated carbocycles. The molecule has 0 unspecified atom stereocenters. The molecule has 4 aliphatic rings. The molecule has 9 N–H and O–H groups in total. The van der Waals surface area contributed by atoms with Gasteiger partial charge in [-0.05, 0) is 66.6 Å². The second-order valence-electron chi connectivity index (χ2n) is 36.4. The van der Waals surface area contributed by atoms with Gasteiger partial charge in [0.1, 0.15) is 42.4 Å². The molecule has 4 aliphatic heterocycles. The number of aromatic nitrogens is 11. The lowest BCUT2D eigenvalue weighted by atomic mass is 9.99. The van der Waals surface area contributed by atoms with E-state index in [9.17, 15) is 14.4 Å². The lowest BCUT2D eigenvalue weighted by Crippen LogP contribution is -2.24. The van der Waals surface area contributed by atoms with Crippen LogP contribution in [0.15, 0.2) is 134 Å². The van der Waals surface area contributed by atoms with E-state index < -0.39 is 32.3 Å². The van der Waals surface area contributed by atoms with Crippen molar-refractivity contribution in [2.24, 2.45) is 0 Å². The zero-order valence-electron chi connectivity index (χ0n) is 75.7. The Morgan fingerprint density at radius 2 is 0.700 bits per heavy atom. The minimum absolute atomic E-state index is 0. The van der Waals surface area contributed by atoms with E-state index in [2.05, 4.69) is 201 Å². The van der Waals surface area contributed by atoms with Crippen LogP contribution < -0.4 is 57.7 Å². The third-order valence-electron chi connectivity index (χ3n) is 21.3. The van der Waals surface area contributed by atoms with Gasteiger partial charge in [0.15, 0.2) is 0 Å². The molecule has 0 aliphatic carbocycles. The Hall–Kier alpha value is -10.2. The first kappa shape index (κ1) is 107. The van der Waals surface area contributed by atoms with Crippen molar-refractivity contribution in [3.8, 4) is 45.0 Å². The smallest absolute Gasteiger partial charge is 0.254 e. The quantitative estimate of drug-likeness (QED) is 0.0109. The van der Waals surface area contributed by atoms with Crippen LogP contribution in [0.25, 0.3) is 45.0 Å². The summed E-state index contributed by atoms with van der Waals surface area (Å²) in [4.78, 5) is 56.4. The maximum Gasteiger partial charge on any atom is 0.254 e. The molecular formula is C93H136Cl4N22O7Si4. The summed E-state index contributed by atoms with van der Waals surface area (Å²) in [6.45, 7) is 36.3. The molecule has 11 aromatic rings. The Bertz CT molecular complexity index is 5660. The maximum absolute atomic E-state index is 12.4. The monoisotopic (exact) mass is 1920 g/mol. The first-order valence-electron chi connectivity index (χ1n) is 41.9. The van der Waals surface area contributed by atoms with E-state index in [0.29, 0.717) is 70.3 Å². The predicted molar refractivity (Wildman–Crippen MR) is 551 cm³/mol. The van der Waals surface area contributed by atoms with Crippen molar-refractivity contribution < 1.29 is 33.3 Å². The SMILES string of the molecule is C.C.C.C.CN1Cc2cn(COCC[Si](C)(C)C)nc2-c2cccc(N)c21.CN1Cc2cnn(COCC[Si](C)(C)C)c2-c2cccc(N)c21.CNC(=O)c1cnc(Cl)cc1Cl.CNC(=O)c1cnc(Cl)cc1Nc1cccc2c1N(C)Cc1cn(COCC[Si](C)(C)C)nc1-2.CNC(=O)c1cnc(Cl)cc1Nc1cccc2c1N(C)Cc1cnn(COCC[Si](C)(C)C)c1-2. The van der Waals surface area contributed by atoms with Gasteiger partial charge in [-0.2, -0.15) is 20.4 Å². The Labute approximate surface area is 793 Å². The van der Waals surface area contributed by atoms with Crippen molar-refractivity contribution >= 4 is 153 Å². The molecular weight excluding hydrogens is 1790 g/mol. The van der Waals surface area contributed by atoms with Crippen LogP contribution in [0, 0.1) is 0 Å². The van der Waals surface area contributed by atoms with Gasteiger partial charge in [-0.25, -0.2) is 33.7 Å². The number of ether oxygens (including phenoxy) is 4. The number of pyridine rings is 3. The first-order valence-corrected chi connectivity index (χ1v) is 58.3. The topological polar surface area (TPSA) is 323 Å². The largest absolute Gasteiger partial charge is 0.397 e. The van der Waals surface area contributed by atoms with E-state index in [1.165, 1.54) is 54.9 Å². The predicted octanol–water partition coefficient (Wildman–Crippen LogP) is 21.0. The molecule has 7 aromatic heterocycles. The van der Waals surface area contributed by atoms with E-state index in [0.717, 1.165) is 166 Å². The Morgan fingerprint density at radius 3 is 1.08 bits per heavy atom. The number of hydrogen-bond donors (Lipinski definition) is 7. The fourth-order valence-electron chi connectivity index (χ4n) is 14.7. The Morgan fingerprint density at radius 1 is 0.392 bits per heavy atom. The maximum atomic E-state index is 12.4. The number of halogens is 4. The molecule has 37 heteroatoms. The molecule has 11 heterocycles. The van der Waals surface area contributed by atoms with Crippen LogP contribution in [0.1, 0.15) is 83.0 Å². The number of fused-ring (bicyclic) bond motifs is 12. The number of carbonyl (C=O) groups excluding carboxylic acids is 3. The number of amides is 3. The normalized spacial score (nSPS) is 12.5. The summed E-state index contributed by atoms with van der Waals surface area (Å²) in [6.07, 6.45) is 12.3. The summed E-state index contributed by atoms with van der Waals surface area (Å²) in [7, 11) is 8.56. The zero-order valence-corrected chi connectivity index (χ0v) is 82.8. The minimum Gasteiger partial charge on any atom is -0.397 e. The summed E-state index contributed by atoms with van der Waals surface area (Å²) in [5, 5.41) is 34.4. The van der Waals surface area contributed by atoms with E-state index >= 15 is 0 Å². The molecule has 0 fully saturated rings. The van der Waals surface area contributed by atoms with Crippen molar-refractivity contribution in [2.75, 3.05) is 117 Å². The number of carbonyl (C=O) groups is 3. The highest BCUT2D eigenvalue weighted by Crippen LogP contribution is 2.48. The molecule has 704 valence electrons. The van der Waals surface area contributed by atoms with Crippen molar-refractivity contribution in [1.82, 2.24) is 70.0 Å². The van der Waals surface area contributed by atoms with Crippen LogP contribution in [0.2, 0.25) is 123 Å². The van der Waals surface area contributed by atoms with Gasteiger partial charge in [0.05, 0.1) is 114 Å². The number of hydrogen-bond acceptors (Lipinski definition) is 22. The molecule has 15 rings (SSSR count). The van der Waals surface area contributed by atoms with Gasteiger partial charge < -0.3 is 76.6 Å². The van der Waals surface area contributed by atoms with Crippen molar-refractivity contribution in [3.63, 3.8) is 0 Å². The molecule has 4 aromatic carbocycles. The fraction of sp³-hybridized carbons (Fsp3) is 0.419. The average Bonchev–Trinajstić information content (AvgIpc) is 1.60. The molecule has 0 saturated heterocycles. The summed E-state index contributed by atoms with van der Waals surface area (Å²) in [5.41, 5.74) is 35.4. The molecule has 130 heavy (non-hydrogen) atoms. The summed E-state index contributed by atoms with van der Waals surface area (Å²) < 4.78 is 31.3. The summed E-state index contributed by atoms with van der Waals surface area (Å²) in [5.74, 6) is -0.746. The number of nitrogens with zero attached hydrogens (tertiary/aromatic N) is 15. The van der Waals surface area contributed by atoms with Crippen LogP contribution in [-0.2, 0) is 72.0 Å². The van der Waals surface area contributed by atoms with Crippen LogP contribution in [0.5, 0.6) is 0 Å². The number of nitrogens with one attached hydrogen (secondary N) is 5. The number of rotatable bonds is 27. The minimum atomic E-state index is -1.15. The van der Waals surface area contributed by atoms with Gasteiger partial charge in [-0.3, -0.25) is 14.4 Å². The van der Waals surface area contributed by atoms with Crippen LogP contribution in [0.3, 0.4) is 0 Å². The van der Waals surface area contributed by atoms with Gasteiger partial charge in [0.25, 0.3) is 17.7 Å². The van der Waals surface area contributed by atoms with Gasteiger partial charge in [-0.1, -0.05) is 203 Å². The molecule has 0 radical (unpaired) electrons. The van der Waals surface area contributed by atoms with Crippen LogP contribution >= 0.6 is 46.4 Å². The standard InChI is InChI=1S/2C24H31ClN6O2Si.2C17H26N4OSi.C7H6Cl2N2O.4CH4/c1-26-24(32)18-12-27-21(25)11-20(18)28-19-8-6-7-17-22-16(13-30(2)23(17)19)14-31(29-22)15-33-9-10-34(3,4)5;1-26-24(32)18-13-27-21(25)11-20(18)29-19-8-6-7-17-22-16(14-30(2)23(17)19)12-28-31(22)15-33-9-10-34(3,4)5;1-20-10-13-11-21(12-22-8-9-23(2,3)4)19-16(13)14-6-5-7-15(18)17(14)20;1-20-11-13-10-19-21(12-22-8-9-23(2,3)4)16(13)14-6-5-7-15(18)17(14)20;1-10-7(12)4-3-11-6(9)2-5(4)8;;;;/h6-8,11-12,14H,9-10,13,15H2,1-5H3,(H,26,32)(H,27,28);6-8,11-13H,9-10,14-15H2,1-5H3,(H,26,32)(H,27,29);5-7,11H,8-10,12,18H2,1-4H3;5-7,10H,8-9,11-12,18H2,1-4H3;2-3H,1H3,(H,10,12);4*1H4. The highest BCUT2D eigenvalue weighted by Gasteiger charge is 2.32. The molecule has 0 atom stereocenters. The second-order valence-corrected chi connectivity index (χ2v) is 60.5. The van der Waals surface area contributed by atoms with Crippen molar-refractivity contribution in [1.29, 1.82) is 0 Å². The lowest BCUT2D eigenvalue weighted by molar-refractivity contribution is 0.0786. The number of benzene rings is 4. The van der Waals surface area contributed by atoms with Crippen LogP contribution in [0.4, 0.5) is 56.9 Å². The van der Waals surface area contributed by atoms with Gasteiger partial charge in [0, 0.05) is 210 Å². The van der Waals surface area contributed by atoms with Crippen molar-refractivity contribution in [2.45, 2.75) is 186 Å². The van der Waals surface area contributed by atoms with E-state index in [-0.39, 0.29) is 52.6 Å². The van der Waals surface area contributed by atoms with Gasteiger partial charge in [0.2, 0.25) is 0 Å². The number of nitrogens with two attached hydrogens (primary N) is 2. The van der Waals surface area contributed by atoms with Crippen LogP contribution in [-0.4, -0.2) is 180 Å². The van der Waals surface area contributed by atoms with Gasteiger partial charge >= 0.3 is 0 Å². The molecule has 29 nitrogen and oxygen atoms in total. The second kappa shape index (κ2) is 46.8. The van der Waals surface area contributed by atoms with Gasteiger partial charge in [-0.15, -0.1) is 0 Å². The average molecular weight is 1930 g/mol. The number of para-hydroxylation sites is 4. The zero-order chi connectivity index (χ0) is 91.3. The highest BCUT2D eigenvalue weighted by molar-refractivity contribution is 6.77. The Balaban J connectivity index is 0.000000228. The fourth-order valence-corrected chi connectivity index (χ4v) is 18.5. The number of anilines is 10. The summed E-state index contributed by atoms with van der Waals surface area (Å²) in [6, 6.07) is 33.5. The molecule has 3 amide bonds. The van der Waals surface area contributed by atoms with Crippen molar-refractivity contribution in [3.05, 3.63) is 194 Å². The van der Waals surface area contributed by atoms with E-state index in [1.807, 2.05) is 93.7 Å². The van der Waals surface area contributed by atoms with E-state index in [1.54, 1.807) is 26.2 Å². The molecule has 0 spiro atoms. The number of nitrogen functional groups attached to an aromatic ring is 2. The third-order valence-corrected chi connectivity index (χ3v) is 29.0. The third kappa shape index (κ3) is 27.7. The van der Waals surface area contributed by atoms with E-state index in [4.69, 9.17) is 87.0 Å². The summed E-state index contributed by atoms with van der Waals surface area (Å²) >= 11 is 23.5. The molecule has 0 bridgehead atoms.